The number of morpholine rings is 1. The van der Waals surface area contributed by atoms with Gasteiger partial charge >= 0.3 is 0 Å². The molecule has 0 saturated carbocycles. The quantitative estimate of drug-likeness (QED) is 0.369. The van der Waals surface area contributed by atoms with E-state index in [1.807, 2.05) is 74.0 Å². The zero-order chi connectivity index (χ0) is 25.8. The maximum Gasteiger partial charge on any atom is 0.270 e. The number of rotatable bonds is 6. The Hall–Kier alpha value is -4.01. The van der Waals surface area contributed by atoms with E-state index < -0.39 is 0 Å². The van der Waals surface area contributed by atoms with Gasteiger partial charge in [0.05, 0.1) is 22.8 Å². The van der Waals surface area contributed by atoms with Gasteiger partial charge in [0, 0.05) is 30.4 Å². The van der Waals surface area contributed by atoms with E-state index in [1.165, 1.54) is 0 Å². The van der Waals surface area contributed by atoms with Crippen molar-refractivity contribution < 1.29 is 14.3 Å². The van der Waals surface area contributed by atoms with Gasteiger partial charge in [-0.2, -0.15) is 5.10 Å². The summed E-state index contributed by atoms with van der Waals surface area (Å²) in [6, 6.07) is 22.6. The summed E-state index contributed by atoms with van der Waals surface area (Å²) in [5, 5.41) is 9.71. The second kappa shape index (κ2) is 10.9. The zero-order valence-corrected chi connectivity index (χ0v) is 21.5. The number of nitrogens with zero attached hydrogens (tertiary/aromatic N) is 3. The van der Waals surface area contributed by atoms with Crippen LogP contribution in [0.4, 0.5) is 0 Å². The first-order valence-electron chi connectivity index (χ1n) is 12.2. The molecule has 4 aromatic rings. The lowest BCUT2D eigenvalue weighted by atomic mass is 10.1. The van der Waals surface area contributed by atoms with Crippen LogP contribution in [0.5, 0.6) is 0 Å². The van der Waals surface area contributed by atoms with Crippen LogP contribution in [0.15, 0.2) is 90.1 Å². The second-order valence-corrected chi connectivity index (χ2v) is 9.98. The van der Waals surface area contributed by atoms with Crippen LogP contribution >= 0.6 is 11.3 Å². The molecule has 5 rings (SSSR count). The highest BCUT2D eigenvalue weighted by molar-refractivity contribution is 7.13. The first-order valence-corrected chi connectivity index (χ1v) is 13.1. The van der Waals surface area contributed by atoms with Gasteiger partial charge in [-0.1, -0.05) is 42.5 Å². The van der Waals surface area contributed by atoms with Gasteiger partial charge in [-0.15, -0.1) is 11.3 Å². The third-order valence-corrected chi connectivity index (χ3v) is 6.92. The molecule has 2 aromatic carbocycles. The van der Waals surface area contributed by atoms with Crippen LogP contribution in [0, 0.1) is 0 Å². The number of nitrogens with one attached hydrogen (secondary N) is 1. The number of para-hydroxylation sites is 1. The number of carbonyl (C=O) groups is 2. The standard InChI is InChI=1S/C29H28N4O3S/c1-20-17-32(18-21(2)36-20)29(35)25(30-28(34)22-10-5-3-6-11-22)16-23-19-33(24-12-7-4-8-13-24)31-27(23)26-14-9-15-37-26/h3-16,19-21H,17-18H2,1-2H3,(H,30,34)/b25-16-. The molecule has 2 atom stereocenters. The summed E-state index contributed by atoms with van der Waals surface area (Å²) in [6.45, 7) is 4.78. The molecule has 1 fully saturated rings. The second-order valence-electron chi connectivity index (χ2n) is 9.04. The topological polar surface area (TPSA) is 76.5 Å². The van der Waals surface area contributed by atoms with Crippen LogP contribution in [-0.4, -0.2) is 51.8 Å². The molecule has 2 unspecified atom stereocenters. The summed E-state index contributed by atoms with van der Waals surface area (Å²) < 4.78 is 7.62. The van der Waals surface area contributed by atoms with Crippen LogP contribution in [-0.2, 0) is 9.53 Å². The highest BCUT2D eigenvalue weighted by Crippen LogP contribution is 2.29. The molecule has 188 valence electrons. The molecule has 1 N–H and O–H groups in total. The molecule has 0 bridgehead atoms. The van der Waals surface area contributed by atoms with E-state index in [9.17, 15) is 9.59 Å². The van der Waals surface area contributed by atoms with E-state index in [0.29, 0.717) is 18.7 Å². The lowest BCUT2D eigenvalue weighted by Gasteiger charge is -2.35. The van der Waals surface area contributed by atoms with Crippen molar-refractivity contribution >= 4 is 29.2 Å². The van der Waals surface area contributed by atoms with Gasteiger partial charge < -0.3 is 15.0 Å². The number of hydrogen-bond acceptors (Lipinski definition) is 5. The molecule has 0 aliphatic carbocycles. The minimum Gasteiger partial charge on any atom is -0.372 e. The minimum atomic E-state index is -0.345. The highest BCUT2D eigenvalue weighted by Gasteiger charge is 2.29. The molecule has 0 radical (unpaired) electrons. The Bertz CT molecular complexity index is 1390. The Kier molecular flexibility index (Phi) is 7.30. The van der Waals surface area contributed by atoms with Gasteiger partial charge in [0.25, 0.3) is 11.8 Å². The average molecular weight is 513 g/mol. The molecular formula is C29H28N4O3S. The van der Waals surface area contributed by atoms with Gasteiger partial charge in [0.1, 0.15) is 11.4 Å². The summed E-state index contributed by atoms with van der Waals surface area (Å²) in [4.78, 5) is 29.6. The predicted molar refractivity (Wildman–Crippen MR) is 145 cm³/mol. The van der Waals surface area contributed by atoms with Crippen molar-refractivity contribution in [1.82, 2.24) is 20.0 Å². The monoisotopic (exact) mass is 512 g/mol. The van der Waals surface area contributed by atoms with Crippen LogP contribution in [0.1, 0.15) is 29.8 Å². The Morgan fingerprint density at radius 3 is 2.30 bits per heavy atom. The molecule has 3 heterocycles. The summed E-state index contributed by atoms with van der Waals surface area (Å²) >= 11 is 1.57. The van der Waals surface area contributed by atoms with Crippen LogP contribution in [0.25, 0.3) is 22.3 Å². The van der Waals surface area contributed by atoms with E-state index in [0.717, 1.165) is 21.8 Å². The fourth-order valence-corrected chi connectivity index (χ4v) is 5.15. The fraction of sp³-hybridized carbons (Fsp3) is 0.207. The van der Waals surface area contributed by atoms with Crippen LogP contribution < -0.4 is 5.32 Å². The van der Waals surface area contributed by atoms with Gasteiger partial charge in [0.2, 0.25) is 0 Å². The predicted octanol–water partition coefficient (Wildman–Crippen LogP) is 5.01. The Balaban J connectivity index is 1.57. The zero-order valence-electron chi connectivity index (χ0n) is 20.7. The molecule has 1 aliphatic heterocycles. The number of amides is 2. The number of benzene rings is 2. The molecule has 37 heavy (non-hydrogen) atoms. The summed E-state index contributed by atoms with van der Waals surface area (Å²) in [6.07, 6.45) is 3.43. The van der Waals surface area contributed by atoms with Crippen molar-refractivity contribution in [3.05, 3.63) is 101 Å². The SMILES string of the molecule is CC1CN(C(=O)/C(=C/c2cn(-c3ccccc3)nc2-c2cccs2)NC(=O)c2ccccc2)CC(C)O1. The van der Waals surface area contributed by atoms with Gasteiger partial charge in [0.15, 0.2) is 0 Å². The molecule has 2 amide bonds. The summed E-state index contributed by atoms with van der Waals surface area (Å²) in [7, 11) is 0. The van der Waals surface area contributed by atoms with Crippen molar-refractivity contribution in [1.29, 1.82) is 0 Å². The minimum absolute atomic E-state index is 0.0960. The normalized spacial score (nSPS) is 18.0. The van der Waals surface area contributed by atoms with Gasteiger partial charge in [-0.3, -0.25) is 9.59 Å². The number of aromatic nitrogens is 2. The molecule has 7 nitrogen and oxygen atoms in total. The van der Waals surface area contributed by atoms with Gasteiger partial charge in [-0.25, -0.2) is 4.68 Å². The average Bonchev–Trinajstić information content (AvgIpc) is 3.58. The van der Waals surface area contributed by atoms with E-state index in [1.54, 1.807) is 51.3 Å². The van der Waals surface area contributed by atoms with Crippen LogP contribution in [0.3, 0.4) is 0 Å². The Morgan fingerprint density at radius 1 is 0.973 bits per heavy atom. The van der Waals surface area contributed by atoms with E-state index in [4.69, 9.17) is 9.84 Å². The fourth-order valence-electron chi connectivity index (χ4n) is 4.42. The highest BCUT2D eigenvalue weighted by atomic mass is 32.1. The molecule has 0 spiro atoms. The first-order chi connectivity index (χ1) is 18.0. The number of ether oxygens (including phenoxy) is 1. The summed E-state index contributed by atoms with van der Waals surface area (Å²) in [5.74, 6) is -0.599. The Morgan fingerprint density at radius 2 is 1.65 bits per heavy atom. The number of hydrogen-bond donors (Lipinski definition) is 1. The Labute approximate surface area is 220 Å². The smallest absolute Gasteiger partial charge is 0.270 e. The number of thiophene rings is 1. The van der Waals surface area contributed by atoms with Crippen LogP contribution in [0.2, 0.25) is 0 Å². The molecule has 8 heteroatoms. The van der Waals surface area contributed by atoms with Crippen molar-refractivity contribution in [2.24, 2.45) is 0 Å². The van der Waals surface area contributed by atoms with Crippen molar-refractivity contribution in [2.45, 2.75) is 26.1 Å². The van der Waals surface area contributed by atoms with E-state index in [-0.39, 0.29) is 29.7 Å². The number of carbonyl (C=O) groups excluding carboxylic acids is 2. The van der Waals surface area contributed by atoms with Gasteiger partial charge in [-0.05, 0) is 55.6 Å². The largest absolute Gasteiger partial charge is 0.372 e. The molecule has 2 aromatic heterocycles. The first kappa shape index (κ1) is 24.7. The molecular weight excluding hydrogens is 484 g/mol. The van der Waals surface area contributed by atoms with Crippen molar-refractivity contribution in [3.8, 4) is 16.3 Å². The maximum absolute atomic E-state index is 13.8. The lowest BCUT2D eigenvalue weighted by molar-refractivity contribution is -0.139. The molecule has 1 saturated heterocycles. The molecule has 1 aliphatic rings. The van der Waals surface area contributed by atoms with Crippen molar-refractivity contribution in [3.63, 3.8) is 0 Å². The maximum atomic E-state index is 13.8. The third kappa shape index (κ3) is 5.71. The van der Waals surface area contributed by atoms with E-state index >= 15 is 0 Å². The third-order valence-electron chi connectivity index (χ3n) is 6.04. The lowest BCUT2D eigenvalue weighted by Crippen LogP contribution is -2.50. The van der Waals surface area contributed by atoms with E-state index in [2.05, 4.69) is 5.32 Å². The summed E-state index contributed by atoms with van der Waals surface area (Å²) in [5.41, 5.74) is 3.04. The van der Waals surface area contributed by atoms with Crippen molar-refractivity contribution in [2.75, 3.05) is 13.1 Å².